The van der Waals surface area contributed by atoms with Crippen molar-refractivity contribution < 1.29 is 13.9 Å². The number of benzene rings is 1. The predicted octanol–water partition coefficient (Wildman–Crippen LogP) is 2.94. The summed E-state index contributed by atoms with van der Waals surface area (Å²) in [5.74, 6) is 1.10. The largest absolute Gasteiger partial charge is 0.462 e. The minimum absolute atomic E-state index is 0.0946. The molecule has 0 radical (unpaired) electrons. The number of hydrogen-bond donors (Lipinski definition) is 1. The molecule has 1 aromatic heterocycles. The molecule has 0 atom stereocenters. The van der Waals surface area contributed by atoms with E-state index in [0.29, 0.717) is 12.3 Å². The van der Waals surface area contributed by atoms with Gasteiger partial charge in [-0.25, -0.2) is 4.39 Å². The van der Waals surface area contributed by atoms with Crippen LogP contribution >= 0.6 is 0 Å². The fraction of sp³-hybridized carbons (Fsp3) is 0.286. The van der Waals surface area contributed by atoms with Crippen LogP contribution in [0.1, 0.15) is 18.4 Å². The van der Waals surface area contributed by atoms with Crippen LogP contribution in [0.15, 0.2) is 40.8 Å². The van der Waals surface area contributed by atoms with Crippen LogP contribution in [0.4, 0.5) is 10.1 Å². The van der Waals surface area contributed by atoms with Gasteiger partial charge < -0.3 is 14.4 Å². The lowest BCUT2D eigenvalue weighted by Crippen LogP contribution is -2.21. The number of furan rings is 1. The monoisotopic (exact) mass is 249 g/mol. The van der Waals surface area contributed by atoms with Crippen LogP contribution < -0.4 is 4.90 Å². The van der Waals surface area contributed by atoms with Gasteiger partial charge >= 0.3 is 0 Å². The Kier molecular flexibility index (Phi) is 3.99. The smallest absolute Gasteiger partial charge is 0.129 e. The summed E-state index contributed by atoms with van der Waals surface area (Å²) in [4.78, 5) is 2.07. The Hall–Kier alpha value is -1.81. The summed E-state index contributed by atoms with van der Waals surface area (Å²) >= 11 is 0. The molecule has 0 fully saturated rings. The van der Waals surface area contributed by atoms with Crippen LogP contribution in [0.3, 0.4) is 0 Å². The fourth-order valence-corrected chi connectivity index (χ4v) is 1.82. The molecule has 0 spiro atoms. The van der Waals surface area contributed by atoms with E-state index in [1.807, 2.05) is 13.0 Å². The highest BCUT2D eigenvalue weighted by atomic mass is 19.1. The first-order valence-electron chi connectivity index (χ1n) is 5.92. The van der Waals surface area contributed by atoms with Crippen molar-refractivity contribution >= 4 is 5.69 Å². The molecule has 18 heavy (non-hydrogen) atoms. The van der Waals surface area contributed by atoms with Crippen molar-refractivity contribution in [2.75, 3.05) is 11.4 Å². The van der Waals surface area contributed by atoms with Crippen LogP contribution in [0.25, 0.3) is 0 Å². The molecule has 0 aliphatic carbocycles. The zero-order valence-corrected chi connectivity index (χ0v) is 10.3. The minimum Gasteiger partial charge on any atom is -0.462 e. The third kappa shape index (κ3) is 2.90. The summed E-state index contributed by atoms with van der Waals surface area (Å²) in [6.45, 7) is 3.32. The van der Waals surface area contributed by atoms with Crippen molar-refractivity contribution in [1.82, 2.24) is 0 Å². The standard InChI is InChI=1S/C14H16FNO2/c1-2-16(12-5-3-11(15)4-6-12)9-13-7-8-14(10-17)18-13/h3-8,17H,2,9-10H2,1H3. The lowest BCUT2D eigenvalue weighted by atomic mass is 10.2. The number of nitrogens with zero attached hydrogens (tertiary/aromatic N) is 1. The molecule has 4 heteroatoms. The van der Waals surface area contributed by atoms with Gasteiger partial charge in [0.15, 0.2) is 0 Å². The molecular weight excluding hydrogens is 233 g/mol. The van der Waals surface area contributed by atoms with E-state index >= 15 is 0 Å². The minimum atomic E-state index is -0.240. The SMILES string of the molecule is CCN(Cc1ccc(CO)o1)c1ccc(F)cc1. The van der Waals surface area contributed by atoms with Gasteiger partial charge in [-0.05, 0) is 43.3 Å². The highest BCUT2D eigenvalue weighted by molar-refractivity contribution is 5.46. The summed E-state index contributed by atoms with van der Waals surface area (Å²) in [6, 6.07) is 9.98. The molecule has 1 N–H and O–H groups in total. The summed E-state index contributed by atoms with van der Waals surface area (Å²) < 4.78 is 18.3. The van der Waals surface area contributed by atoms with Crippen molar-refractivity contribution in [3.63, 3.8) is 0 Å². The molecule has 0 saturated heterocycles. The number of rotatable bonds is 5. The molecular formula is C14H16FNO2. The molecule has 0 saturated carbocycles. The summed E-state index contributed by atoms with van der Waals surface area (Å²) in [7, 11) is 0. The number of aliphatic hydroxyl groups is 1. The topological polar surface area (TPSA) is 36.6 Å². The Morgan fingerprint density at radius 3 is 2.33 bits per heavy atom. The Morgan fingerprint density at radius 1 is 1.11 bits per heavy atom. The molecule has 2 aromatic rings. The van der Waals surface area contributed by atoms with Gasteiger partial charge in [0.1, 0.15) is 23.9 Å². The van der Waals surface area contributed by atoms with E-state index in [9.17, 15) is 4.39 Å². The quantitative estimate of drug-likeness (QED) is 0.885. The van der Waals surface area contributed by atoms with E-state index in [1.54, 1.807) is 18.2 Å². The number of aliphatic hydroxyl groups excluding tert-OH is 1. The molecule has 0 unspecified atom stereocenters. The Morgan fingerprint density at radius 2 is 1.78 bits per heavy atom. The van der Waals surface area contributed by atoms with Gasteiger partial charge in [-0.3, -0.25) is 0 Å². The van der Waals surface area contributed by atoms with E-state index in [-0.39, 0.29) is 12.4 Å². The predicted molar refractivity (Wildman–Crippen MR) is 67.8 cm³/mol. The van der Waals surface area contributed by atoms with Crippen LogP contribution in [0, 0.1) is 5.82 Å². The molecule has 0 aliphatic heterocycles. The highest BCUT2D eigenvalue weighted by Crippen LogP contribution is 2.18. The lowest BCUT2D eigenvalue weighted by Gasteiger charge is -2.21. The number of halogens is 1. The van der Waals surface area contributed by atoms with E-state index in [0.717, 1.165) is 18.0 Å². The van der Waals surface area contributed by atoms with Crippen LogP contribution in [-0.2, 0) is 13.2 Å². The van der Waals surface area contributed by atoms with E-state index in [2.05, 4.69) is 4.90 Å². The Balaban J connectivity index is 2.11. The number of hydrogen-bond acceptors (Lipinski definition) is 3. The summed E-state index contributed by atoms with van der Waals surface area (Å²) in [5, 5.41) is 8.94. The van der Waals surface area contributed by atoms with Crippen LogP contribution in [-0.4, -0.2) is 11.7 Å². The maximum Gasteiger partial charge on any atom is 0.129 e. The molecule has 0 aliphatic rings. The maximum absolute atomic E-state index is 12.9. The van der Waals surface area contributed by atoms with Crippen LogP contribution in [0.2, 0.25) is 0 Å². The van der Waals surface area contributed by atoms with Crippen molar-refractivity contribution in [3.8, 4) is 0 Å². The zero-order valence-electron chi connectivity index (χ0n) is 10.3. The van der Waals surface area contributed by atoms with Gasteiger partial charge in [-0.2, -0.15) is 0 Å². The van der Waals surface area contributed by atoms with Crippen molar-refractivity contribution in [2.45, 2.75) is 20.1 Å². The summed E-state index contributed by atoms with van der Waals surface area (Å²) in [6.07, 6.45) is 0. The fourth-order valence-electron chi connectivity index (χ4n) is 1.82. The van der Waals surface area contributed by atoms with Crippen LogP contribution in [0.5, 0.6) is 0 Å². The molecule has 96 valence electrons. The molecule has 0 bridgehead atoms. The molecule has 1 aromatic carbocycles. The van der Waals surface area contributed by atoms with Gasteiger partial charge in [0.2, 0.25) is 0 Å². The second-order valence-corrected chi connectivity index (χ2v) is 4.02. The first-order chi connectivity index (χ1) is 8.72. The summed E-state index contributed by atoms with van der Waals surface area (Å²) in [5.41, 5.74) is 0.945. The van der Waals surface area contributed by atoms with Crippen molar-refractivity contribution in [3.05, 3.63) is 53.7 Å². The zero-order chi connectivity index (χ0) is 13.0. The van der Waals surface area contributed by atoms with Crippen molar-refractivity contribution in [2.24, 2.45) is 0 Å². The average Bonchev–Trinajstić information content (AvgIpc) is 2.85. The van der Waals surface area contributed by atoms with Crippen molar-refractivity contribution in [1.29, 1.82) is 0 Å². The lowest BCUT2D eigenvalue weighted by molar-refractivity contribution is 0.243. The Labute approximate surface area is 105 Å². The van der Waals surface area contributed by atoms with E-state index < -0.39 is 0 Å². The molecule has 1 heterocycles. The van der Waals surface area contributed by atoms with E-state index in [1.165, 1.54) is 12.1 Å². The average molecular weight is 249 g/mol. The normalized spacial score (nSPS) is 10.6. The highest BCUT2D eigenvalue weighted by Gasteiger charge is 2.08. The molecule has 0 amide bonds. The Bertz CT molecular complexity index is 493. The van der Waals surface area contributed by atoms with Gasteiger partial charge in [0.05, 0.1) is 6.54 Å². The molecule has 2 rings (SSSR count). The van der Waals surface area contributed by atoms with Gasteiger partial charge in [0, 0.05) is 12.2 Å². The first kappa shape index (κ1) is 12.6. The second-order valence-electron chi connectivity index (χ2n) is 4.02. The first-order valence-corrected chi connectivity index (χ1v) is 5.92. The number of anilines is 1. The van der Waals surface area contributed by atoms with Gasteiger partial charge in [-0.15, -0.1) is 0 Å². The van der Waals surface area contributed by atoms with Gasteiger partial charge in [-0.1, -0.05) is 0 Å². The van der Waals surface area contributed by atoms with E-state index in [4.69, 9.17) is 9.52 Å². The third-order valence-corrected chi connectivity index (χ3v) is 2.79. The maximum atomic E-state index is 12.9. The third-order valence-electron chi connectivity index (χ3n) is 2.79. The second kappa shape index (κ2) is 5.69. The molecule has 3 nitrogen and oxygen atoms in total. The van der Waals surface area contributed by atoms with Gasteiger partial charge in [0.25, 0.3) is 0 Å².